The van der Waals surface area contributed by atoms with Gasteiger partial charge in [-0.05, 0) is 86.1 Å². The molecule has 0 spiro atoms. The molecule has 1 unspecified atom stereocenters. The fraction of sp³-hybridized carbons (Fsp3) is 0.407. The number of H-pyrrole nitrogens is 1. The Morgan fingerprint density at radius 3 is 2.82 bits per heavy atom. The van der Waals surface area contributed by atoms with Crippen molar-refractivity contribution in [2.75, 3.05) is 38.7 Å². The monoisotopic (exact) mass is 460 g/mol. The van der Waals surface area contributed by atoms with Gasteiger partial charge < -0.3 is 14.8 Å². The Kier molecular flexibility index (Phi) is 6.81. The number of anilines is 1. The number of rotatable bonds is 8. The first-order valence-corrected chi connectivity index (χ1v) is 12.1. The molecule has 2 aliphatic rings. The smallest absolute Gasteiger partial charge is 0.227 e. The molecule has 1 atom stereocenters. The van der Waals surface area contributed by atoms with E-state index in [4.69, 9.17) is 9.47 Å². The topological polar surface area (TPSA) is 79.5 Å². The summed E-state index contributed by atoms with van der Waals surface area (Å²) < 4.78 is 11.6. The van der Waals surface area contributed by atoms with Gasteiger partial charge in [-0.15, -0.1) is 0 Å². The number of ether oxygens (including phenoxy) is 2. The molecule has 5 rings (SSSR count). The molecule has 2 N–H and O–H groups in total. The van der Waals surface area contributed by atoms with Crippen molar-refractivity contribution in [2.45, 2.75) is 32.1 Å². The SMILES string of the molecule is COc1ccc2c(c1)CC(C(=O)Nc1ccc(-c3cn[nH]c3)cc1OCCN1CCCC1)CC2. The van der Waals surface area contributed by atoms with E-state index in [1.54, 1.807) is 13.3 Å². The molecular formula is C27H32N4O3. The Morgan fingerprint density at radius 2 is 2.03 bits per heavy atom. The third-order valence-electron chi connectivity index (χ3n) is 6.95. The summed E-state index contributed by atoms with van der Waals surface area (Å²) in [6.45, 7) is 3.75. The second-order valence-corrected chi connectivity index (χ2v) is 9.16. The molecule has 1 aromatic heterocycles. The zero-order chi connectivity index (χ0) is 23.3. The molecule has 0 saturated carbocycles. The van der Waals surface area contributed by atoms with Gasteiger partial charge in [-0.3, -0.25) is 14.8 Å². The molecule has 2 aromatic carbocycles. The number of aromatic nitrogens is 2. The Hall–Kier alpha value is -3.32. The van der Waals surface area contributed by atoms with Crippen LogP contribution >= 0.6 is 0 Å². The number of carbonyl (C=O) groups is 1. The fourth-order valence-electron chi connectivity index (χ4n) is 4.94. The van der Waals surface area contributed by atoms with Crippen LogP contribution in [0, 0.1) is 5.92 Å². The lowest BCUT2D eigenvalue weighted by atomic mass is 9.83. The minimum Gasteiger partial charge on any atom is -0.497 e. The Morgan fingerprint density at radius 1 is 1.15 bits per heavy atom. The number of hydrogen-bond donors (Lipinski definition) is 2. The van der Waals surface area contributed by atoms with Gasteiger partial charge in [0.15, 0.2) is 0 Å². The lowest BCUT2D eigenvalue weighted by Gasteiger charge is -2.25. The van der Waals surface area contributed by atoms with E-state index in [0.717, 1.165) is 61.5 Å². The zero-order valence-electron chi connectivity index (χ0n) is 19.7. The van der Waals surface area contributed by atoms with Crippen LogP contribution in [0.25, 0.3) is 11.1 Å². The van der Waals surface area contributed by atoms with E-state index >= 15 is 0 Å². The molecule has 1 aliphatic carbocycles. The predicted molar refractivity (Wildman–Crippen MR) is 132 cm³/mol. The Balaban J connectivity index is 1.30. The van der Waals surface area contributed by atoms with Crippen molar-refractivity contribution < 1.29 is 14.3 Å². The molecular weight excluding hydrogens is 428 g/mol. The van der Waals surface area contributed by atoms with Gasteiger partial charge in [-0.2, -0.15) is 5.10 Å². The molecule has 178 valence electrons. The number of nitrogens with zero attached hydrogens (tertiary/aromatic N) is 2. The first kappa shape index (κ1) is 22.5. The highest BCUT2D eigenvalue weighted by atomic mass is 16.5. The lowest BCUT2D eigenvalue weighted by molar-refractivity contribution is -0.120. The number of amides is 1. The molecule has 1 aliphatic heterocycles. The maximum absolute atomic E-state index is 13.3. The van der Waals surface area contributed by atoms with E-state index in [2.05, 4.69) is 32.5 Å². The number of aromatic amines is 1. The van der Waals surface area contributed by atoms with Crippen molar-refractivity contribution in [1.29, 1.82) is 0 Å². The van der Waals surface area contributed by atoms with Crippen molar-refractivity contribution in [3.8, 4) is 22.6 Å². The number of carbonyl (C=O) groups excluding carboxylic acids is 1. The van der Waals surface area contributed by atoms with Crippen LogP contribution in [-0.4, -0.2) is 54.4 Å². The summed E-state index contributed by atoms with van der Waals surface area (Å²) in [6.07, 6.45) is 8.61. The summed E-state index contributed by atoms with van der Waals surface area (Å²) >= 11 is 0. The van der Waals surface area contributed by atoms with E-state index in [1.807, 2.05) is 30.5 Å². The average Bonchev–Trinajstić information content (AvgIpc) is 3.59. The number of methoxy groups -OCH3 is 1. The first-order chi connectivity index (χ1) is 16.7. The van der Waals surface area contributed by atoms with Gasteiger partial charge in [-0.25, -0.2) is 0 Å². The molecule has 1 fully saturated rings. The van der Waals surface area contributed by atoms with E-state index in [0.29, 0.717) is 12.4 Å². The van der Waals surface area contributed by atoms with Gasteiger partial charge in [0, 0.05) is 24.2 Å². The minimum absolute atomic E-state index is 0.0360. The Labute approximate surface area is 200 Å². The highest BCUT2D eigenvalue weighted by molar-refractivity contribution is 5.94. The number of nitrogens with one attached hydrogen (secondary N) is 2. The van der Waals surface area contributed by atoms with Gasteiger partial charge in [0.2, 0.25) is 5.91 Å². The van der Waals surface area contributed by atoms with Crippen LogP contribution in [0.1, 0.15) is 30.4 Å². The van der Waals surface area contributed by atoms with E-state index in [1.165, 1.54) is 24.0 Å². The summed E-state index contributed by atoms with van der Waals surface area (Å²) in [6, 6.07) is 12.1. The van der Waals surface area contributed by atoms with Gasteiger partial charge >= 0.3 is 0 Å². The van der Waals surface area contributed by atoms with E-state index < -0.39 is 0 Å². The first-order valence-electron chi connectivity index (χ1n) is 12.1. The quantitative estimate of drug-likeness (QED) is 0.524. The molecule has 7 heteroatoms. The summed E-state index contributed by atoms with van der Waals surface area (Å²) in [5.41, 5.74) is 5.21. The Bertz CT molecular complexity index is 1120. The summed E-state index contributed by atoms with van der Waals surface area (Å²) in [4.78, 5) is 15.7. The van der Waals surface area contributed by atoms with Crippen LogP contribution in [0.5, 0.6) is 11.5 Å². The predicted octanol–water partition coefficient (Wildman–Crippen LogP) is 4.30. The highest BCUT2D eigenvalue weighted by Gasteiger charge is 2.26. The van der Waals surface area contributed by atoms with Crippen LogP contribution in [0.4, 0.5) is 5.69 Å². The molecule has 1 amide bonds. The van der Waals surface area contributed by atoms with Gasteiger partial charge in [-0.1, -0.05) is 12.1 Å². The third-order valence-corrected chi connectivity index (χ3v) is 6.95. The van der Waals surface area contributed by atoms with Crippen LogP contribution < -0.4 is 14.8 Å². The van der Waals surface area contributed by atoms with E-state index in [9.17, 15) is 4.79 Å². The molecule has 34 heavy (non-hydrogen) atoms. The van der Waals surface area contributed by atoms with Crippen molar-refractivity contribution >= 4 is 11.6 Å². The van der Waals surface area contributed by atoms with Crippen molar-refractivity contribution in [1.82, 2.24) is 15.1 Å². The molecule has 1 saturated heterocycles. The number of likely N-dealkylation sites (tertiary alicyclic amines) is 1. The van der Waals surface area contributed by atoms with Crippen LogP contribution in [0.2, 0.25) is 0 Å². The summed E-state index contributed by atoms with van der Waals surface area (Å²) in [5, 5.41) is 10.1. The molecule has 2 heterocycles. The second kappa shape index (κ2) is 10.3. The maximum Gasteiger partial charge on any atom is 0.227 e. The largest absolute Gasteiger partial charge is 0.497 e. The van der Waals surface area contributed by atoms with Crippen molar-refractivity contribution in [2.24, 2.45) is 5.92 Å². The van der Waals surface area contributed by atoms with Gasteiger partial charge in [0.1, 0.15) is 18.1 Å². The van der Waals surface area contributed by atoms with Crippen molar-refractivity contribution in [3.05, 3.63) is 59.9 Å². The maximum atomic E-state index is 13.3. The number of hydrogen-bond acceptors (Lipinski definition) is 5. The average molecular weight is 461 g/mol. The minimum atomic E-state index is -0.0781. The fourth-order valence-corrected chi connectivity index (χ4v) is 4.94. The van der Waals surface area contributed by atoms with Gasteiger partial charge in [0.25, 0.3) is 0 Å². The zero-order valence-corrected chi connectivity index (χ0v) is 19.7. The second-order valence-electron chi connectivity index (χ2n) is 9.16. The van der Waals surface area contributed by atoms with Crippen LogP contribution in [-0.2, 0) is 17.6 Å². The number of fused-ring (bicyclic) bond motifs is 1. The standard InChI is InChI=1S/C27H32N4O3/c1-33-24-8-6-19-4-5-21(14-22(19)15-24)27(32)30-25-9-7-20(23-17-28-29-18-23)16-26(25)34-13-12-31-10-2-3-11-31/h6-9,15-18,21H,2-5,10-14H2,1H3,(H,28,29)(H,30,32). The van der Waals surface area contributed by atoms with Crippen molar-refractivity contribution in [3.63, 3.8) is 0 Å². The molecule has 7 nitrogen and oxygen atoms in total. The summed E-state index contributed by atoms with van der Waals surface area (Å²) in [5.74, 6) is 1.49. The molecule has 3 aromatic rings. The number of benzene rings is 2. The van der Waals surface area contributed by atoms with Crippen LogP contribution in [0.3, 0.4) is 0 Å². The van der Waals surface area contributed by atoms with Crippen LogP contribution in [0.15, 0.2) is 48.8 Å². The third kappa shape index (κ3) is 5.09. The van der Waals surface area contributed by atoms with E-state index in [-0.39, 0.29) is 11.8 Å². The summed E-state index contributed by atoms with van der Waals surface area (Å²) in [7, 11) is 1.67. The van der Waals surface area contributed by atoms with Gasteiger partial charge in [0.05, 0.1) is 19.0 Å². The lowest BCUT2D eigenvalue weighted by Crippen LogP contribution is -2.28. The highest BCUT2D eigenvalue weighted by Crippen LogP contribution is 2.33. The molecule has 0 radical (unpaired) electrons. The normalized spacial score (nSPS) is 17.9. The number of aryl methyl sites for hydroxylation is 1. The molecule has 0 bridgehead atoms.